The Balaban J connectivity index is 2.14. The van der Waals surface area contributed by atoms with E-state index < -0.39 is 0 Å². The molecule has 82 valence electrons. The summed E-state index contributed by atoms with van der Waals surface area (Å²) in [6.07, 6.45) is 4.13. The molecule has 0 spiro atoms. The molecule has 0 saturated carbocycles. The predicted octanol–water partition coefficient (Wildman–Crippen LogP) is 4.19. The molecule has 1 nitrogen and oxygen atoms in total. The predicted molar refractivity (Wildman–Crippen MR) is 74.0 cm³/mol. The SMILES string of the molecule is CC(=O)SCC=Cc1cccc2sccc12. The summed E-state index contributed by atoms with van der Waals surface area (Å²) in [7, 11) is 0. The van der Waals surface area contributed by atoms with Crippen LogP contribution in [0.2, 0.25) is 0 Å². The van der Waals surface area contributed by atoms with E-state index in [9.17, 15) is 4.79 Å². The normalized spacial score (nSPS) is 11.3. The Morgan fingerprint density at radius 1 is 1.44 bits per heavy atom. The molecule has 0 saturated heterocycles. The maximum absolute atomic E-state index is 10.8. The van der Waals surface area contributed by atoms with Gasteiger partial charge in [0.2, 0.25) is 0 Å². The van der Waals surface area contributed by atoms with E-state index in [0.29, 0.717) is 0 Å². The second-order valence-corrected chi connectivity index (χ2v) is 5.53. The zero-order valence-electron chi connectivity index (χ0n) is 8.97. The van der Waals surface area contributed by atoms with Gasteiger partial charge in [-0.05, 0) is 28.5 Å². The van der Waals surface area contributed by atoms with Crippen LogP contribution < -0.4 is 0 Å². The van der Waals surface area contributed by atoms with Gasteiger partial charge in [0.15, 0.2) is 5.12 Å². The Bertz CT molecular complexity index is 525. The summed E-state index contributed by atoms with van der Waals surface area (Å²) in [5, 5.41) is 3.56. The standard InChI is InChI=1S/C13H12OS2/c1-10(14)15-8-3-5-11-4-2-6-13-12(11)7-9-16-13/h2-7,9H,8H2,1H3. The van der Waals surface area contributed by atoms with Gasteiger partial charge >= 0.3 is 0 Å². The molecule has 0 aliphatic rings. The van der Waals surface area contributed by atoms with Crippen molar-refractivity contribution in [3.05, 3.63) is 41.3 Å². The largest absolute Gasteiger partial charge is 0.288 e. The highest BCUT2D eigenvalue weighted by molar-refractivity contribution is 8.13. The molecule has 0 aliphatic heterocycles. The van der Waals surface area contributed by atoms with E-state index >= 15 is 0 Å². The van der Waals surface area contributed by atoms with E-state index in [2.05, 4.69) is 35.7 Å². The fourth-order valence-corrected chi connectivity index (χ4v) is 2.75. The number of fused-ring (bicyclic) bond motifs is 1. The molecule has 0 radical (unpaired) electrons. The molecule has 0 bridgehead atoms. The highest BCUT2D eigenvalue weighted by Crippen LogP contribution is 2.25. The summed E-state index contributed by atoms with van der Waals surface area (Å²) >= 11 is 3.09. The smallest absolute Gasteiger partial charge is 0.186 e. The van der Waals surface area contributed by atoms with Crippen LogP contribution in [-0.2, 0) is 4.79 Å². The summed E-state index contributed by atoms with van der Waals surface area (Å²) in [5.41, 5.74) is 1.22. The molecule has 3 heteroatoms. The van der Waals surface area contributed by atoms with E-state index in [1.165, 1.54) is 27.4 Å². The van der Waals surface area contributed by atoms with Gasteiger partial charge in [0.1, 0.15) is 0 Å². The molecule has 0 aliphatic carbocycles. The first kappa shape index (κ1) is 11.4. The molecular formula is C13H12OS2. The minimum Gasteiger partial charge on any atom is -0.288 e. The van der Waals surface area contributed by atoms with Gasteiger partial charge in [0.05, 0.1) is 0 Å². The molecule has 2 rings (SSSR count). The minimum absolute atomic E-state index is 0.165. The van der Waals surface area contributed by atoms with Gasteiger partial charge < -0.3 is 0 Å². The highest BCUT2D eigenvalue weighted by Gasteiger charge is 1.98. The molecule has 1 aromatic carbocycles. The maximum atomic E-state index is 10.8. The highest BCUT2D eigenvalue weighted by atomic mass is 32.2. The van der Waals surface area contributed by atoms with Crippen LogP contribution >= 0.6 is 23.1 Å². The Labute approximate surface area is 103 Å². The van der Waals surface area contributed by atoms with Crippen molar-refractivity contribution in [3.63, 3.8) is 0 Å². The van der Waals surface area contributed by atoms with Crippen molar-refractivity contribution in [2.24, 2.45) is 0 Å². The molecule has 0 N–H and O–H groups in total. The Morgan fingerprint density at radius 2 is 2.31 bits per heavy atom. The average Bonchev–Trinajstić information content (AvgIpc) is 2.72. The van der Waals surface area contributed by atoms with Crippen LogP contribution in [0.4, 0.5) is 0 Å². The zero-order chi connectivity index (χ0) is 11.4. The monoisotopic (exact) mass is 248 g/mol. The molecule has 2 aromatic rings. The van der Waals surface area contributed by atoms with E-state index in [1.54, 1.807) is 18.3 Å². The fraction of sp³-hybridized carbons (Fsp3) is 0.154. The summed E-state index contributed by atoms with van der Waals surface area (Å²) in [4.78, 5) is 10.8. The van der Waals surface area contributed by atoms with Gasteiger partial charge in [-0.1, -0.05) is 36.0 Å². The third kappa shape index (κ3) is 2.74. The maximum Gasteiger partial charge on any atom is 0.186 e. The van der Waals surface area contributed by atoms with Crippen LogP contribution in [0, 0.1) is 0 Å². The summed E-state index contributed by atoms with van der Waals surface area (Å²) in [6, 6.07) is 8.43. The van der Waals surface area contributed by atoms with E-state index in [0.717, 1.165) is 5.75 Å². The molecule has 16 heavy (non-hydrogen) atoms. The van der Waals surface area contributed by atoms with Crippen LogP contribution in [0.1, 0.15) is 12.5 Å². The van der Waals surface area contributed by atoms with Crippen molar-refractivity contribution in [1.82, 2.24) is 0 Å². The first-order valence-corrected chi connectivity index (χ1v) is 6.90. The van der Waals surface area contributed by atoms with Crippen molar-refractivity contribution in [1.29, 1.82) is 0 Å². The third-order valence-corrected chi connectivity index (χ3v) is 3.86. The van der Waals surface area contributed by atoms with E-state index in [4.69, 9.17) is 0 Å². The van der Waals surface area contributed by atoms with Gasteiger partial charge in [-0.3, -0.25) is 4.79 Å². The van der Waals surface area contributed by atoms with Gasteiger partial charge in [-0.2, -0.15) is 0 Å². The van der Waals surface area contributed by atoms with Crippen molar-refractivity contribution in [2.45, 2.75) is 6.92 Å². The topological polar surface area (TPSA) is 17.1 Å². The third-order valence-electron chi connectivity index (χ3n) is 2.21. The van der Waals surface area contributed by atoms with Crippen LogP contribution in [-0.4, -0.2) is 10.9 Å². The molecular weight excluding hydrogens is 236 g/mol. The fourth-order valence-electron chi connectivity index (χ4n) is 1.50. The minimum atomic E-state index is 0.165. The Morgan fingerprint density at radius 3 is 3.12 bits per heavy atom. The number of thioether (sulfide) groups is 1. The molecule has 0 amide bonds. The molecule has 1 aromatic heterocycles. The molecule has 1 heterocycles. The lowest BCUT2D eigenvalue weighted by molar-refractivity contribution is -0.109. The molecule has 0 unspecified atom stereocenters. The summed E-state index contributed by atoms with van der Waals surface area (Å²) in [5.74, 6) is 0.746. The van der Waals surface area contributed by atoms with Gasteiger partial charge in [-0.25, -0.2) is 0 Å². The number of rotatable bonds is 3. The number of hydrogen-bond acceptors (Lipinski definition) is 3. The van der Waals surface area contributed by atoms with Crippen molar-refractivity contribution in [3.8, 4) is 0 Å². The average molecular weight is 248 g/mol. The van der Waals surface area contributed by atoms with Gasteiger partial charge in [-0.15, -0.1) is 11.3 Å². The van der Waals surface area contributed by atoms with Gasteiger partial charge in [0.25, 0.3) is 0 Å². The number of carbonyl (C=O) groups excluding carboxylic acids is 1. The quantitative estimate of drug-likeness (QED) is 0.810. The van der Waals surface area contributed by atoms with Crippen LogP contribution in [0.5, 0.6) is 0 Å². The lowest BCUT2D eigenvalue weighted by Gasteiger charge is -1.96. The first-order valence-electron chi connectivity index (χ1n) is 5.03. The zero-order valence-corrected chi connectivity index (χ0v) is 10.6. The van der Waals surface area contributed by atoms with E-state index in [1.807, 2.05) is 6.08 Å². The van der Waals surface area contributed by atoms with Crippen LogP contribution in [0.25, 0.3) is 16.2 Å². The Hall–Kier alpha value is -1.06. The van der Waals surface area contributed by atoms with Crippen LogP contribution in [0.15, 0.2) is 35.7 Å². The number of benzene rings is 1. The molecule has 0 fully saturated rings. The first-order chi connectivity index (χ1) is 7.77. The van der Waals surface area contributed by atoms with Crippen LogP contribution in [0.3, 0.4) is 0 Å². The molecule has 0 atom stereocenters. The van der Waals surface area contributed by atoms with Gasteiger partial charge in [0, 0.05) is 17.4 Å². The Kier molecular flexibility index (Phi) is 3.80. The number of carbonyl (C=O) groups is 1. The number of thiophene rings is 1. The van der Waals surface area contributed by atoms with Crippen molar-refractivity contribution in [2.75, 3.05) is 5.75 Å². The summed E-state index contributed by atoms with van der Waals surface area (Å²) in [6.45, 7) is 1.60. The second kappa shape index (κ2) is 5.32. The lowest BCUT2D eigenvalue weighted by Crippen LogP contribution is -1.81. The summed E-state index contributed by atoms with van der Waals surface area (Å²) < 4.78 is 1.31. The van der Waals surface area contributed by atoms with Crippen molar-refractivity contribution >= 4 is 44.4 Å². The lowest BCUT2D eigenvalue weighted by atomic mass is 10.1. The second-order valence-electron chi connectivity index (χ2n) is 3.38. The van der Waals surface area contributed by atoms with Crippen molar-refractivity contribution < 1.29 is 4.79 Å². The van der Waals surface area contributed by atoms with E-state index in [-0.39, 0.29) is 5.12 Å². The number of hydrogen-bond donors (Lipinski definition) is 0.